The second-order valence-corrected chi connectivity index (χ2v) is 6.62. The fourth-order valence-corrected chi connectivity index (χ4v) is 2.73. The largest absolute Gasteiger partial charge is 0.453 e. The average Bonchev–Trinajstić information content (AvgIpc) is 3.02. The Morgan fingerprint density at radius 1 is 1.26 bits per heavy atom. The highest BCUT2D eigenvalue weighted by atomic mass is 32.2. The Labute approximate surface area is 134 Å². The number of furan rings is 1. The maximum atomic E-state index is 12.0. The van der Waals surface area contributed by atoms with Gasteiger partial charge in [0.25, 0.3) is 5.91 Å². The standard InChI is InChI=1S/C15H18N2O5S/c1-16-23(19,20)13-5-3-4-11(8-13)9-17-15(18)14-7-6-12(22-14)10-21-2/h3-8,16H,9-10H2,1-2H3,(H,17,18). The third-order valence-corrected chi connectivity index (χ3v) is 4.51. The van der Waals surface area contributed by atoms with Gasteiger partial charge in [-0.25, -0.2) is 13.1 Å². The average molecular weight is 338 g/mol. The number of carbonyl (C=O) groups is 1. The number of ether oxygens (including phenoxy) is 1. The lowest BCUT2D eigenvalue weighted by molar-refractivity contribution is 0.0914. The Morgan fingerprint density at radius 3 is 2.74 bits per heavy atom. The number of rotatable bonds is 7. The summed E-state index contributed by atoms with van der Waals surface area (Å²) in [7, 11) is -0.628. The summed E-state index contributed by atoms with van der Waals surface area (Å²) in [5, 5.41) is 2.68. The zero-order valence-corrected chi connectivity index (χ0v) is 13.6. The van der Waals surface area contributed by atoms with Gasteiger partial charge in [0.1, 0.15) is 12.4 Å². The predicted octanol–water partition coefficient (Wildman–Crippen LogP) is 1.26. The molecule has 2 N–H and O–H groups in total. The summed E-state index contributed by atoms with van der Waals surface area (Å²) in [5.41, 5.74) is 0.665. The zero-order valence-electron chi connectivity index (χ0n) is 12.8. The lowest BCUT2D eigenvalue weighted by Crippen LogP contribution is -2.23. The molecule has 1 heterocycles. The Bertz CT molecular complexity index is 783. The van der Waals surface area contributed by atoms with Crippen LogP contribution in [0.3, 0.4) is 0 Å². The molecule has 2 aromatic rings. The van der Waals surface area contributed by atoms with Crippen molar-refractivity contribution in [3.05, 3.63) is 53.5 Å². The summed E-state index contributed by atoms with van der Waals surface area (Å²) in [4.78, 5) is 12.1. The molecule has 23 heavy (non-hydrogen) atoms. The van der Waals surface area contributed by atoms with Crippen molar-refractivity contribution in [2.75, 3.05) is 14.2 Å². The highest BCUT2D eigenvalue weighted by Crippen LogP contribution is 2.12. The molecule has 124 valence electrons. The van der Waals surface area contributed by atoms with E-state index in [0.29, 0.717) is 11.3 Å². The maximum absolute atomic E-state index is 12.0. The van der Waals surface area contributed by atoms with E-state index in [1.54, 1.807) is 24.3 Å². The van der Waals surface area contributed by atoms with Gasteiger partial charge in [0.15, 0.2) is 5.76 Å². The van der Waals surface area contributed by atoms with Crippen molar-refractivity contribution in [1.82, 2.24) is 10.0 Å². The lowest BCUT2D eigenvalue weighted by Gasteiger charge is -2.07. The van der Waals surface area contributed by atoms with Crippen LogP contribution in [0.1, 0.15) is 21.9 Å². The quantitative estimate of drug-likeness (QED) is 0.792. The van der Waals surface area contributed by atoms with E-state index in [-0.39, 0.29) is 29.7 Å². The van der Waals surface area contributed by atoms with Gasteiger partial charge in [-0.15, -0.1) is 0 Å². The SMILES string of the molecule is CNS(=O)(=O)c1cccc(CNC(=O)c2ccc(COC)o2)c1. The van der Waals surface area contributed by atoms with Gasteiger partial charge in [0.2, 0.25) is 10.0 Å². The molecule has 0 saturated heterocycles. The molecule has 0 radical (unpaired) electrons. The molecule has 1 aromatic carbocycles. The predicted molar refractivity (Wildman–Crippen MR) is 83.3 cm³/mol. The number of sulfonamides is 1. The molecule has 8 heteroatoms. The van der Waals surface area contributed by atoms with Crippen LogP contribution in [0.15, 0.2) is 45.7 Å². The summed E-state index contributed by atoms with van der Waals surface area (Å²) in [6.07, 6.45) is 0. The minimum Gasteiger partial charge on any atom is -0.453 e. The van der Waals surface area contributed by atoms with Crippen LogP contribution in [0.2, 0.25) is 0 Å². The molecule has 0 fully saturated rings. The molecule has 2 rings (SSSR count). The molecule has 7 nitrogen and oxygen atoms in total. The summed E-state index contributed by atoms with van der Waals surface area (Å²) in [5.74, 6) is 0.352. The van der Waals surface area contributed by atoms with Crippen molar-refractivity contribution >= 4 is 15.9 Å². The van der Waals surface area contributed by atoms with Gasteiger partial charge >= 0.3 is 0 Å². The molecule has 0 aliphatic rings. The third kappa shape index (κ3) is 4.41. The van der Waals surface area contributed by atoms with E-state index < -0.39 is 10.0 Å². The number of methoxy groups -OCH3 is 1. The highest BCUT2D eigenvalue weighted by Gasteiger charge is 2.13. The van der Waals surface area contributed by atoms with Crippen LogP contribution in [-0.2, 0) is 27.9 Å². The molecule has 0 unspecified atom stereocenters. The monoisotopic (exact) mass is 338 g/mol. The molecule has 0 aliphatic heterocycles. The maximum Gasteiger partial charge on any atom is 0.287 e. The summed E-state index contributed by atoms with van der Waals surface area (Å²) in [6.45, 7) is 0.476. The first kappa shape index (κ1) is 17.2. The van der Waals surface area contributed by atoms with Gasteiger partial charge in [0.05, 0.1) is 4.90 Å². The van der Waals surface area contributed by atoms with E-state index >= 15 is 0 Å². The van der Waals surface area contributed by atoms with E-state index in [1.807, 2.05) is 0 Å². The number of nitrogens with one attached hydrogen (secondary N) is 2. The first-order valence-electron chi connectivity index (χ1n) is 6.84. The number of hydrogen-bond donors (Lipinski definition) is 2. The molecule has 0 atom stereocenters. The third-order valence-electron chi connectivity index (χ3n) is 3.10. The molecule has 0 bridgehead atoms. The molecular formula is C15H18N2O5S. The summed E-state index contributed by atoms with van der Waals surface area (Å²) in [6, 6.07) is 9.57. The van der Waals surface area contributed by atoms with Crippen LogP contribution in [0.4, 0.5) is 0 Å². The van der Waals surface area contributed by atoms with Gasteiger partial charge < -0.3 is 14.5 Å². The molecule has 1 amide bonds. The van der Waals surface area contributed by atoms with E-state index in [9.17, 15) is 13.2 Å². The smallest absolute Gasteiger partial charge is 0.287 e. The second kappa shape index (κ2) is 7.40. The van der Waals surface area contributed by atoms with Crippen molar-refractivity contribution < 1.29 is 22.4 Å². The van der Waals surface area contributed by atoms with Crippen molar-refractivity contribution in [2.24, 2.45) is 0 Å². The summed E-state index contributed by atoms with van der Waals surface area (Å²) >= 11 is 0. The van der Waals surface area contributed by atoms with E-state index in [0.717, 1.165) is 0 Å². The Balaban J connectivity index is 2.03. The molecule has 0 saturated carbocycles. The van der Waals surface area contributed by atoms with Gasteiger partial charge in [-0.05, 0) is 36.9 Å². The molecule has 1 aromatic heterocycles. The number of carbonyl (C=O) groups excluding carboxylic acids is 1. The van der Waals surface area contributed by atoms with Crippen LogP contribution in [0.25, 0.3) is 0 Å². The minimum absolute atomic E-state index is 0.145. The first-order chi connectivity index (χ1) is 11.0. The zero-order chi connectivity index (χ0) is 16.9. The molecule has 0 aliphatic carbocycles. The van der Waals surface area contributed by atoms with Crippen molar-refractivity contribution in [1.29, 1.82) is 0 Å². The van der Waals surface area contributed by atoms with E-state index in [1.165, 1.54) is 26.3 Å². The summed E-state index contributed by atoms with van der Waals surface area (Å²) < 4.78 is 36.0. The number of hydrogen-bond acceptors (Lipinski definition) is 5. The van der Waals surface area contributed by atoms with Crippen LogP contribution in [0.5, 0.6) is 0 Å². The second-order valence-electron chi connectivity index (χ2n) is 4.74. The highest BCUT2D eigenvalue weighted by molar-refractivity contribution is 7.89. The van der Waals surface area contributed by atoms with Crippen molar-refractivity contribution in [2.45, 2.75) is 18.0 Å². The Morgan fingerprint density at radius 2 is 2.04 bits per heavy atom. The van der Waals surface area contributed by atoms with Gasteiger partial charge in [-0.3, -0.25) is 4.79 Å². The first-order valence-corrected chi connectivity index (χ1v) is 8.33. The topological polar surface area (TPSA) is 97.6 Å². The Hall–Kier alpha value is -2.16. The fraction of sp³-hybridized carbons (Fsp3) is 0.267. The lowest BCUT2D eigenvalue weighted by atomic mass is 10.2. The molecule has 0 spiro atoms. The number of benzene rings is 1. The van der Waals surface area contributed by atoms with Crippen LogP contribution >= 0.6 is 0 Å². The van der Waals surface area contributed by atoms with Crippen LogP contribution in [-0.4, -0.2) is 28.5 Å². The Kier molecular flexibility index (Phi) is 5.54. The van der Waals surface area contributed by atoms with Crippen molar-refractivity contribution in [3.8, 4) is 0 Å². The molecular weight excluding hydrogens is 320 g/mol. The van der Waals surface area contributed by atoms with Gasteiger partial charge in [-0.2, -0.15) is 0 Å². The van der Waals surface area contributed by atoms with Crippen LogP contribution < -0.4 is 10.0 Å². The normalized spacial score (nSPS) is 11.4. The van der Waals surface area contributed by atoms with Crippen molar-refractivity contribution in [3.63, 3.8) is 0 Å². The van der Waals surface area contributed by atoms with Crippen LogP contribution in [0, 0.1) is 0 Å². The van der Waals surface area contributed by atoms with E-state index in [4.69, 9.17) is 9.15 Å². The number of amides is 1. The van der Waals surface area contributed by atoms with Gasteiger partial charge in [0, 0.05) is 13.7 Å². The minimum atomic E-state index is -3.51. The fourth-order valence-electron chi connectivity index (χ4n) is 1.93. The van der Waals surface area contributed by atoms with Gasteiger partial charge in [-0.1, -0.05) is 12.1 Å². The van der Waals surface area contributed by atoms with E-state index in [2.05, 4.69) is 10.0 Å².